The van der Waals surface area contributed by atoms with Crippen LogP contribution in [-0.4, -0.2) is 30.9 Å². The Bertz CT molecular complexity index is 981. The highest BCUT2D eigenvalue weighted by molar-refractivity contribution is 6.02. The van der Waals surface area contributed by atoms with Crippen molar-refractivity contribution in [2.45, 2.75) is 31.1 Å². The molecule has 0 aromatic heterocycles. The molecule has 0 saturated heterocycles. The molecular formula is C22H20FNO5. The number of nitrogens with one attached hydrogen (secondary N) is 1. The number of halogens is 1. The largest absolute Gasteiger partial charge is 0.482 e. The monoisotopic (exact) mass is 397 g/mol. The molecule has 1 aliphatic carbocycles. The molecule has 1 fully saturated rings. The van der Waals surface area contributed by atoms with Crippen molar-refractivity contribution in [1.29, 1.82) is 0 Å². The summed E-state index contributed by atoms with van der Waals surface area (Å²) in [5.74, 6) is -1.13. The molecule has 1 heterocycles. The first kappa shape index (κ1) is 19.1. The second kappa shape index (κ2) is 7.66. The van der Waals surface area contributed by atoms with E-state index in [-0.39, 0.29) is 12.5 Å². The predicted molar refractivity (Wildman–Crippen MR) is 102 cm³/mol. The van der Waals surface area contributed by atoms with Crippen LogP contribution >= 0.6 is 0 Å². The molecule has 1 N–H and O–H groups in total. The molecule has 4 rings (SSSR count). The van der Waals surface area contributed by atoms with E-state index in [4.69, 9.17) is 9.47 Å². The fraction of sp³-hybridized carbons (Fsp3) is 0.318. The molecule has 150 valence electrons. The number of carbonyl (C=O) groups excluding carboxylic acids is 3. The second-order valence-corrected chi connectivity index (χ2v) is 7.35. The number of carbonyl (C=O) groups is 3. The van der Waals surface area contributed by atoms with E-state index in [0.717, 1.165) is 12.8 Å². The van der Waals surface area contributed by atoms with Gasteiger partial charge in [0, 0.05) is 5.56 Å². The summed E-state index contributed by atoms with van der Waals surface area (Å²) < 4.78 is 24.4. The van der Waals surface area contributed by atoms with Crippen LogP contribution in [0.25, 0.3) is 0 Å². The van der Waals surface area contributed by atoms with Crippen molar-refractivity contribution in [2.75, 3.05) is 18.5 Å². The minimum absolute atomic E-state index is 0.0694. The first-order valence-electron chi connectivity index (χ1n) is 9.51. The van der Waals surface area contributed by atoms with Crippen LogP contribution in [0.4, 0.5) is 10.1 Å². The van der Waals surface area contributed by atoms with Gasteiger partial charge in [0.1, 0.15) is 11.6 Å². The smallest absolute Gasteiger partial charge is 0.317 e. The number of esters is 1. The summed E-state index contributed by atoms with van der Waals surface area (Å²) >= 11 is 0. The molecule has 7 heteroatoms. The molecule has 0 radical (unpaired) electrons. The Hall–Kier alpha value is -3.22. The molecule has 0 atom stereocenters. The molecule has 0 bridgehead atoms. The number of benzene rings is 2. The maximum absolute atomic E-state index is 13.7. The van der Waals surface area contributed by atoms with Gasteiger partial charge in [-0.3, -0.25) is 14.4 Å². The molecule has 29 heavy (non-hydrogen) atoms. The van der Waals surface area contributed by atoms with Gasteiger partial charge in [0.25, 0.3) is 5.91 Å². The normalized spacial score (nSPS) is 17.1. The fourth-order valence-corrected chi connectivity index (χ4v) is 3.98. The van der Waals surface area contributed by atoms with Crippen molar-refractivity contribution in [2.24, 2.45) is 0 Å². The highest BCUT2D eigenvalue weighted by Gasteiger charge is 2.44. The summed E-state index contributed by atoms with van der Waals surface area (Å²) in [5.41, 5.74) is 0.375. The van der Waals surface area contributed by atoms with E-state index in [1.807, 2.05) is 0 Å². The Morgan fingerprint density at radius 1 is 1.14 bits per heavy atom. The van der Waals surface area contributed by atoms with Gasteiger partial charge in [-0.05, 0) is 48.7 Å². The van der Waals surface area contributed by atoms with Crippen molar-refractivity contribution in [3.05, 3.63) is 59.4 Å². The van der Waals surface area contributed by atoms with Crippen LogP contribution in [0.2, 0.25) is 0 Å². The standard InChI is InChI=1S/C22H20FNO5/c23-16-5-3-4-15(11-16)22(8-1-2-9-22)21(27)29-12-18(25)14-6-7-19-17(10-14)24-20(26)13-28-19/h3-7,10-11H,1-2,8-9,12-13H2,(H,24,26). The summed E-state index contributed by atoms with van der Waals surface area (Å²) in [4.78, 5) is 36.9. The van der Waals surface area contributed by atoms with Crippen LogP contribution in [0, 0.1) is 5.82 Å². The predicted octanol–water partition coefficient (Wildman–Crippen LogP) is 3.39. The zero-order valence-corrected chi connectivity index (χ0v) is 15.7. The van der Waals surface area contributed by atoms with E-state index in [2.05, 4.69) is 5.32 Å². The average Bonchev–Trinajstić information content (AvgIpc) is 3.22. The molecular weight excluding hydrogens is 377 g/mol. The van der Waals surface area contributed by atoms with E-state index in [9.17, 15) is 18.8 Å². The van der Waals surface area contributed by atoms with Crippen molar-refractivity contribution in [3.8, 4) is 5.75 Å². The Morgan fingerprint density at radius 3 is 2.69 bits per heavy atom. The Balaban J connectivity index is 1.48. The number of anilines is 1. The van der Waals surface area contributed by atoms with Crippen LogP contribution in [-0.2, 0) is 19.7 Å². The topological polar surface area (TPSA) is 81.7 Å². The molecule has 1 amide bonds. The molecule has 2 aromatic rings. The number of fused-ring (bicyclic) bond motifs is 1. The lowest BCUT2D eigenvalue weighted by atomic mass is 9.79. The third kappa shape index (κ3) is 3.72. The molecule has 1 saturated carbocycles. The fourth-order valence-electron chi connectivity index (χ4n) is 3.98. The van der Waals surface area contributed by atoms with E-state index in [1.54, 1.807) is 24.3 Å². The van der Waals surface area contributed by atoms with Crippen LogP contribution < -0.4 is 10.1 Å². The van der Waals surface area contributed by atoms with Gasteiger partial charge in [-0.2, -0.15) is 0 Å². The van der Waals surface area contributed by atoms with Crippen LogP contribution in [0.5, 0.6) is 5.75 Å². The number of ketones is 1. The number of hydrogen-bond acceptors (Lipinski definition) is 5. The maximum Gasteiger partial charge on any atom is 0.317 e. The summed E-state index contributed by atoms with van der Waals surface area (Å²) in [6, 6.07) is 10.6. The molecule has 1 aliphatic heterocycles. The SMILES string of the molecule is O=C1COc2ccc(C(=O)COC(=O)C3(c4cccc(F)c4)CCCC3)cc2N1. The summed E-state index contributed by atoms with van der Waals surface area (Å²) in [5, 5.41) is 2.64. The van der Waals surface area contributed by atoms with Gasteiger partial charge in [-0.15, -0.1) is 0 Å². The zero-order valence-electron chi connectivity index (χ0n) is 15.7. The van der Waals surface area contributed by atoms with Crippen molar-refractivity contribution in [3.63, 3.8) is 0 Å². The van der Waals surface area contributed by atoms with Gasteiger partial charge in [0.15, 0.2) is 19.0 Å². The second-order valence-electron chi connectivity index (χ2n) is 7.35. The molecule has 0 unspecified atom stereocenters. The Kier molecular flexibility index (Phi) is 5.05. The molecule has 0 spiro atoms. The third-order valence-corrected chi connectivity index (χ3v) is 5.49. The van der Waals surface area contributed by atoms with Gasteiger partial charge in [-0.25, -0.2) is 4.39 Å². The minimum Gasteiger partial charge on any atom is -0.482 e. The molecule has 6 nitrogen and oxygen atoms in total. The number of rotatable bonds is 5. The average molecular weight is 397 g/mol. The van der Waals surface area contributed by atoms with Crippen molar-refractivity contribution in [1.82, 2.24) is 0 Å². The Morgan fingerprint density at radius 2 is 1.93 bits per heavy atom. The van der Waals surface area contributed by atoms with Crippen LogP contribution in [0.1, 0.15) is 41.6 Å². The van der Waals surface area contributed by atoms with E-state index >= 15 is 0 Å². The molecule has 2 aromatic carbocycles. The molecule has 2 aliphatic rings. The summed E-state index contributed by atoms with van der Waals surface area (Å²) in [7, 11) is 0. The number of Topliss-reactive ketones (excluding diaryl/α,β-unsaturated/α-hetero) is 1. The summed E-state index contributed by atoms with van der Waals surface area (Å²) in [6.45, 7) is -0.496. The highest BCUT2D eigenvalue weighted by Crippen LogP contribution is 2.42. The van der Waals surface area contributed by atoms with Crippen LogP contribution in [0.15, 0.2) is 42.5 Å². The Labute approximate surface area is 167 Å². The lowest BCUT2D eigenvalue weighted by Crippen LogP contribution is -2.36. The van der Waals surface area contributed by atoms with Gasteiger partial charge >= 0.3 is 5.97 Å². The first-order chi connectivity index (χ1) is 14.0. The highest BCUT2D eigenvalue weighted by atomic mass is 19.1. The lowest BCUT2D eigenvalue weighted by Gasteiger charge is -2.27. The zero-order chi connectivity index (χ0) is 20.4. The van der Waals surface area contributed by atoms with Gasteiger partial charge in [0.05, 0.1) is 11.1 Å². The van der Waals surface area contributed by atoms with E-state index in [1.165, 1.54) is 18.2 Å². The lowest BCUT2D eigenvalue weighted by molar-refractivity contribution is -0.149. The van der Waals surface area contributed by atoms with E-state index < -0.39 is 29.6 Å². The third-order valence-electron chi connectivity index (χ3n) is 5.49. The quantitative estimate of drug-likeness (QED) is 0.618. The minimum atomic E-state index is -0.917. The first-order valence-corrected chi connectivity index (χ1v) is 9.51. The number of hydrogen-bond donors (Lipinski definition) is 1. The number of ether oxygens (including phenoxy) is 2. The van der Waals surface area contributed by atoms with Gasteiger partial charge in [0.2, 0.25) is 0 Å². The van der Waals surface area contributed by atoms with Crippen LogP contribution in [0.3, 0.4) is 0 Å². The van der Waals surface area contributed by atoms with E-state index in [0.29, 0.717) is 35.4 Å². The van der Waals surface area contributed by atoms with Gasteiger partial charge < -0.3 is 14.8 Å². The maximum atomic E-state index is 13.7. The van der Waals surface area contributed by atoms with Crippen molar-refractivity contribution < 1.29 is 28.2 Å². The van der Waals surface area contributed by atoms with Crippen molar-refractivity contribution >= 4 is 23.3 Å². The number of amides is 1. The summed E-state index contributed by atoms with van der Waals surface area (Å²) in [6.07, 6.45) is 2.80. The van der Waals surface area contributed by atoms with Gasteiger partial charge in [-0.1, -0.05) is 25.0 Å².